The average molecular weight is 634 g/mol. The third-order valence-electron chi connectivity index (χ3n) is 8.03. The zero-order chi connectivity index (χ0) is 33.3. The van der Waals surface area contributed by atoms with Crippen LogP contribution in [0.1, 0.15) is 35.3 Å². The highest BCUT2D eigenvalue weighted by atomic mass is 16.7. The van der Waals surface area contributed by atoms with Crippen molar-refractivity contribution in [1.29, 1.82) is 0 Å². The van der Waals surface area contributed by atoms with Gasteiger partial charge in [0.05, 0.1) is 23.7 Å². The summed E-state index contributed by atoms with van der Waals surface area (Å²) in [6.45, 7) is 4.93. The Kier molecular flexibility index (Phi) is 9.06. The lowest BCUT2D eigenvalue weighted by Crippen LogP contribution is -2.65. The number of rotatable bonds is 9. The summed E-state index contributed by atoms with van der Waals surface area (Å²) < 4.78 is 33.4. The van der Waals surface area contributed by atoms with Gasteiger partial charge in [0.2, 0.25) is 6.29 Å². The van der Waals surface area contributed by atoms with Crippen molar-refractivity contribution in [3.05, 3.63) is 87.8 Å². The molecular weight excluding hydrogens is 598 g/mol. The van der Waals surface area contributed by atoms with Crippen molar-refractivity contribution < 1.29 is 47.9 Å². The zero-order valence-corrected chi connectivity index (χ0v) is 25.9. The van der Waals surface area contributed by atoms with Gasteiger partial charge in [-0.15, -0.1) is 0 Å². The van der Waals surface area contributed by atoms with Crippen LogP contribution < -0.4 is 20.8 Å². The number of aliphatic hydroxyl groups excluding tert-OH is 1. The summed E-state index contributed by atoms with van der Waals surface area (Å²) in [7, 11) is 2.95. The van der Waals surface area contributed by atoms with Gasteiger partial charge in [-0.2, -0.15) is 0 Å². The van der Waals surface area contributed by atoms with Crippen LogP contribution in [0.5, 0.6) is 17.2 Å². The highest BCUT2D eigenvalue weighted by Gasteiger charge is 2.53. The van der Waals surface area contributed by atoms with Gasteiger partial charge in [0.25, 0.3) is 0 Å². The molecule has 4 atom stereocenters. The number of aliphatic hydroxyl groups is 1. The summed E-state index contributed by atoms with van der Waals surface area (Å²) in [6.07, 6.45) is -6.44. The van der Waals surface area contributed by atoms with Crippen LogP contribution >= 0.6 is 0 Å². The molecule has 242 valence electrons. The Morgan fingerprint density at radius 3 is 2.39 bits per heavy atom. The third-order valence-corrected chi connectivity index (χ3v) is 8.03. The van der Waals surface area contributed by atoms with Crippen LogP contribution in [0.25, 0.3) is 22.1 Å². The van der Waals surface area contributed by atoms with Crippen LogP contribution in [-0.2, 0) is 20.6 Å². The fraction of sp³-hybridized carbons (Fsp3) is 0.324. The lowest BCUT2D eigenvalue weighted by atomic mass is 9.89. The second-order valence-corrected chi connectivity index (χ2v) is 11.5. The van der Waals surface area contributed by atoms with Crippen molar-refractivity contribution in [2.45, 2.75) is 57.4 Å². The van der Waals surface area contributed by atoms with Crippen molar-refractivity contribution in [1.82, 2.24) is 0 Å². The maximum atomic E-state index is 13.3. The first-order valence-electron chi connectivity index (χ1n) is 14.4. The Labute approximate surface area is 264 Å². The number of hydrogen-bond acceptors (Lipinski definition) is 11. The Balaban J connectivity index is 1.41. The van der Waals surface area contributed by atoms with Crippen LogP contribution in [0.3, 0.4) is 0 Å². The monoisotopic (exact) mass is 633 g/mol. The van der Waals surface area contributed by atoms with E-state index in [0.717, 1.165) is 11.1 Å². The minimum atomic E-state index is -1.50. The number of aromatic hydroxyl groups is 1. The van der Waals surface area contributed by atoms with E-state index >= 15 is 0 Å². The molecule has 0 saturated carbocycles. The molecule has 1 aromatic heterocycles. The fourth-order valence-electron chi connectivity index (χ4n) is 5.69. The fourth-order valence-corrected chi connectivity index (χ4v) is 5.69. The summed E-state index contributed by atoms with van der Waals surface area (Å²) in [6, 6.07) is 17.3. The molecule has 4 N–H and O–H groups in total. The molecule has 2 heterocycles. The second kappa shape index (κ2) is 12.8. The minimum absolute atomic E-state index is 0.0143. The lowest BCUT2D eigenvalue weighted by molar-refractivity contribution is -0.304. The number of methoxy groups -OCH3 is 2. The summed E-state index contributed by atoms with van der Waals surface area (Å²) in [5.74, 6) is 0.0357. The molecule has 1 amide bonds. The van der Waals surface area contributed by atoms with Crippen LogP contribution in [0.2, 0.25) is 0 Å². The summed E-state index contributed by atoms with van der Waals surface area (Å²) >= 11 is 0. The van der Waals surface area contributed by atoms with E-state index in [9.17, 15) is 24.6 Å². The summed E-state index contributed by atoms with van der Waals surface area (Å²) in [5, 5.41) is 22.3. The second-order valence-electron chi connectivity index (χ2n) is 11.5. The molecular formula is C34H35NO11. The number of primary amides is 1. The molecule has 4 aromatic rings. The third kappa shape index (κ3) is 6.27. The molecule has 1 aliphatic rings. The molecule has 12 nitrogen and oxygen atoms in total. The topological polar surface area (TPSA) is 177 Å². The number of aryl methyl sites for hydroxylation is 1. The predicted molar refractivity (Wildman–Crippen MR) is 166 cm³/mol. The average Bonchev–Trinajstić information content (AvgIpc) is 3.02. The summed E-state index contributed by atoms with van der Waals surface area (Å²) in [4.78, 5) is 38.0. The number of nitrogens with two attached hydrogens (primary N) is 1. The minimum Gasteiger partial charge on any atom is -0.507 e. The van der Waals surface area contributed by atoms with Crippen molar-refractivity contribution in [3.63, 3.8) is 0 Å². The first kappa shape index (κ1) is 32.5. The van der Waals surface area contributed by atoms with Crippen molar-refractivity contribution >= 4 is 22.8 Å². The molecule has 0 bridgehead atoms. The number of Topliss-reactive ketones (excluding diaryl/α,β-unsaturated/α-hetero) is 1. The number of hydrogen-bond donors (Lipinski definition) is 3. The molecule has 0 spiro atoms. The first-order chi connectivity index (χ1) is 21.8. The van der Waals surface area contributed by atoms with E-state index in [1.165, 1.54) is 19.2 Å². The van der Waals surface area contributed by atoms with E-state index in [-0.39, 0.29) is 22.3 Å². The SMILES string of the molecule is COc1cccc(-c2cccc(C(=O)Cc3c(O)c4ccc(O[C@@H]5OC(C)(C)[C@H](OC)[C@@H](OC(N)=O)[C@H]5O)c(C)c4oc3=O)c2)c1. The molecule has 0 aliphatic carbocycles. The van der Waals surface area contributed by atoms with Gasteiger partial charge >= 0.3 is 11.7 Å². The highest BCUT2D eigenvalue weighted by Crippen LogP contribution is 2.38. The van der Waals surface area contributed by atoms with Crippen LogP contribution in [0.4, 0.5) is 4.79 Å². The molecule has 0 radical (unpaired) electrons. The van der Waals surface area contributed by atoms with E-state index in [2.05, 4.69) is 0 Å². The molecule has 0 unspecified atom stereocenters. The highest BCUT2D eigenvalue weighted by molar-refractivity contribution is 6.00. The number of carbonyl (C=O) groups is 2. The number of ether oxygens (including phenoxy) is 5. The quantitative estimate of drug-likeness (QED) is 0.177. The molecule has 46 heavy (non-hydrogen) atoms. The van der Waals surface area contributed by atoms with Gasteiger partial charge < -0.3 is 44.0 Å². The van der Waals surface area contributed by atoms with Crippen LogP contribution in [0, 0.1) is 6.92 Å². The Bertz CT molecular complexity index is 1850. The molecule has 12 heteroatoms. The van der Waals surface area contributed by atoms with Gasteiger partial charge in [-0.3, -0.25) is 4.79 Å². The van der Waals surface area contributed by atoms with Crippen LogP contribution in [0.15, 0.2) is 69.9 Å². The largest absolute Gasteiger partial charge is 0.507 e. The van der Waals surface area contributed by atoms with E-state index in [1.807, 2.05) is 30.3 Å². The van der Waals surface area contributed by atoms with Gasteiger partial charge in [-0.25, -0.2) is 9.59 Å². The smallest absolute Gasteiger partial charge is 0.404 e. The predicted octanol–water partition coefficient (Wildman–Crippen LogP) is 4.26. The molecule has 1 aliphatic heterocycles. The van der Waals surface area contributed by atoms with Gasteiger partial charge in [0.15, 0.2) is 18.0 Å². The molecule has 5 rings (SSSR count). The van der Waals surface area contributed by atoms with E-state index in [0.29, 0.717) is 16.9 Å². The Hall–Kier alpha value is -4.91. The molecule has 1 saturated heterocycles. The van der Waals surface area contributed by atoms with E-state index < -0.39 is 59.9 Å². The van der Waals surface area contributed by atoms with Crippen molar-refractivity contribution in [2.24, 2.45) is 5.73 Å². The number of fused-ring (bicyclic) bond motifs is 1. The van der Waals surface area contributed by atoms with E-state index in [1.54, 1.807) is 46.1 Å². The van der Waals surface area contributed by atoms with Gasteiger partial charge in [0, 0.05) is 24.7 Å². The van der Waals surface area contributed by atoms with Crippen LogP contribution in [-0.4, -0.2) is 66.5 Å². The van der Waals surface area contributed by atoms with E-state index in [4.69, 9.17) is 33.8 Å². The molecule has 1 fully saturated rings. The Morgan fingerprint density at radius 2 is 1.72 bits per heavy atom. The molecule has 3 aromatic carbocycles. The van der Waals surface area contributed by atoms with Gasteiger partial charge in [-0.05, 0) is 62.2 Å². The van der Waals surface area contributed by atoms with Crippen molar-refractivity contribution in [2.75, 3.05) is 14.2 Å². The number of benzene rings is 3. The zero-order valence-electron chi connectivity index (χ0n) is 25.9. The lowest BCUT2D eigenvalue weighted by Gasteiger charge is -2.47. The van der Waals surface area contributed by atoms with Gasteiger partial charge in [0.1, 0.15) is 28.9 Å². The maximum Gasteiger partial charge on any atom is 0.404 e. The first-order valence-corrected chi connectivity index (χ1v) is 14.4. The number of ketones is 1. The van der Waals surface area contributed by atoms with Crippen molar-refractivity contribution in [3.8, 4) is 28.4 Å². The Morgan fingerprint density at radius 1 is 1.02 bits per heavy atom. The summed E-state index contributed by atoms with van der Waals surface area (Å²) in [5.41, 5.74) is 5.35. The standard InChI is InChI=1S/C34H35NO11/c1-17-25(43-32-27(38)29(45-33(35)40)30(42-5)34(2,3)46-32)13-12-22-26(37)23(31(39)44-28(17)22)16-24(36)20-10-6-8-18(14-20)19-9-7-11-21(15-19)41-4/h6-15,27,29-30,32,37-38H,16H2,1-5H3,(H2,35,40)/t27-,29+,30-,32-/m1/s1. The normalized spacial score (nSPS) is 20.7. The van der Waals surface area contributed by atoms with Gasteiger partial charge in [-0.1, -0.05) is 30.3 Å². The number of amides is 1. The number of carbonyl (C=O) groups excluding carboxylic acids is 2. The maximum absolute atomic E-state index is 13.3.